The maximum Gasteiger partial charge on any atom is -1.00 e. The molecule has 0 bridgehead atoms. The van der Waals surface area contributed by atoms with Gasteiger partial charge in [-0.15, -0.1) is 0 Å². The van der Waals surface area contributed by atoms with Crippen LogP contribution in [-0.2, 0) is 23.2 Å². The number of rotatable bonds is 3. The zero-order chi connectivity index (χ0) is 16.9. The van der Waals surface area contributed by atoms with Gasteiger partial charge in [-0.2, -0.15) is 0 Å². The molecule has 0 nitrogen and oxygen atoms in total. The van der Waals surface area contributed by atoms with Crippen molar-refractivity contribution in [3.05, 3.63) is 61.0 Å². The molecule has 0 radical (unpaired) electrons. The van der Waals surface area contributed by atoms with E-state index in [1.54, 1.807) is 27.9 Å². The predicted octanol–water partition coefficient (Wildman–Crippen LogP) is 0.521. The number of halogens is 2. The van der Waals surface area contributed by atoms with Crippen LogP contribution in [0.1, 0.15) is 63.2 Å². The van der Waals surface area contributed by atoms with Gasteiger partial charge in [-0.1, -0.05) is 0 Å². The Bertz CT molecular complexity index is 751. The second-order valence-electron chi connectivity index (χ2n) is 7.88. The molecule has 0 aromatic heterocycles. The molecule has 1 aromatic rings. The quantitative estimate of drug-likeness (QED) is 0.625. The molecule has 2 aliphatic rings. The number of hydrogen-bond acceptors (Lipinski definition) is 0. The molecule has 0 saturated carbocycles. The van der Waals surface area contributed by atoms with Gasteiger partial charge in [0.2, 0.25) is 0 Å². The maximum absolute atomic E-state index is 2.48. The van der Waals surface area contributed by atoms with Crippen molar-refractivity contribution in [1.82, 2.24) is 0 Å². The molecule has 0 aliphatic heterocycles. The summed E-state index contributed by atoms with van der Waals surface area (Å²) < 4.78 is 2.53. The Labute approximate surface area is 177 Å². The molecule has 1 aromatic carbocycles. The van der Waals surface area contributed by atoms with Crippen molar-refractivity contribution in [2.45, 2.75) is 52.1 Å². The number of allylic oxidation sites excluding steroid dienone is 5. The van der Waals surface area contributed by atoms with Crippen LogP contribution in [0.3, 0.4) is 0 Å². The van der Waals surface area contributed by atoms with Crippen LogP contribution < -0.4 is 24.8 Å². The second kappa shape index (κ2) is 8.28. The minimum absolute atomic E-state index is 0. The first-order chi connectivity index (χ1) is 10.7. The summed E-state index contributed by atoms with van der Waals surface area (Å²) in [6, 6.07) is 9.07. The summed E-state index contributed by atoms with van der Waals surface area (Å²) >= 11 is -0.726. The normalized spacial score (nSPS) is 20.8. The molecule has 0 amide bonds. The van der Waals surface area contributed by atoms with Crippen LogP contribution in [0.2, 0.25) is 0 Å². The van der Waals surface area contributed by atoms with Crippen molar-refractivity contribution >= 4 is 6.08 Å². The molecule has 1 atom stereocenters. The SMILES string of the molecule is CC1=C(C)C(C)(C)[C]([Zr+2][CH]2C(C(C)C)=Cc3ccccc32)=C1C.[Cl-].[Cl-]. The van der Waals surface area contributed by atoms with E-state index in [0.29, 0.717) is 5.92 Å². The van der Waals surface area contributed by atoms with Crippen molar-refractivity contribution < 1.29 is 48.0 Å². The van der Waals surface area contributed by atoms with E-state index in [1.165, 1.54) is 5.56 Å². The van der Waals surface area contributed by atoms with Crippen LogP contribution in [0.15, 0.2) is 49.8 Å². The van der Waals surface area contributed by atoms with Gasteiger partial charge in [0.05, 0.1) is 0 Å². The summed E-state index contributed by atoms with van der Waals surface area (Å²) in [4.78, 5) is 0. The topological polar surface area (TPSA) is 0 Å². The van der Waals surface area contributed by atoms with Crippen molar-refractivity contribution in [1.29, 1.82) is 0 Å². The summed E-state index contributed by atoms with van der Waals surface area (Å²) in [6.07, 6.45) is 2.48. The first kappa shape index (κ1) is 22.9. The van der Waals surface area contributed by atoms with Gasteiger partial charge in [0.25, 0.3) is 0 Å². The number of hydrogen-bond donors (Lipinski definition) is 0. The van der Waals surface area contributed by atoms with Gasteiger partial charge in [-0.3, -0.25) is 0 Å². The second-order valence-corrected chi connectivity index (χ2v) is 11.2. The van der Waals surface area contributed by atoms with Crippen LogP contribution in [0.5, 0.6) is 0 Å². The Morgan fingerprint density at radius 3 is 2.08 bits per heavy atom. The molecular formula is C22H28Cl2Zr. The molecule has 0 heterocycles. The van der Waals surface area contributed by atoms with Gasteiger partial charge < -0.3 is 24.8 Å². The molecule has 1 unspecified atom stereocenters. The van der Waals surface area contributed by atoms with Gasteiger partial charge >= 0.3 is 154 Å². The molecule has 0 spiro atoms. The van der Waals surface area contributed by atoms with E-state index in [9.17, 15) is 0 Å². The first-order valence-electron chi connectivity index (χ1n) is 8.71. The van der Waals surface area contributed by atoms with Crippen molar-refractivity contribution in [2.24, 2.45) is 11.3 Å². The van der Waals surface area contributed by atoms with Gasteiger partial charge in [0.15, 0.2) is 0 Å². The van der Waals surface area contributed by atoms with Gasteiger partial charge in [-0.25, -0.2) is 0 Å². The van der Waals surface area contributed by atoms with E-state index in [4.69, 9.17) is 0 Å². The third kappa shape index (κ3) is 3.80. The van der Waals surface area contributed by atoms with Crippen LogP contribution >= 0.6 is 0 Å². The summed E-state index contributed by atoms with van der Waals surface area (Å²) in [5, 5.41) is 0. The summed E-state index contributed by atoms with van der Waals surface area (Å²) in [6.45, 7) is 16.6. The van der Waals surface area contributed by atoms with Crippen LogP contribution in [0.4, 0.5) is 0 Å². The maximum atomic E-state index is 2.48. The first-order valence-corrected chi connectivity index (χ1v) is 11.4. The molecular weight excluding hydrogens is 426 g/mol. The van der Waals surface area contributed by atoms with Crippen molar-refractivity contribution in [3.8, 4) is 0 Å². The summed E-state index contributed by atoms with van der Waals surface area (Å²) in [5.41, 5.74) is 9.76. The molecule has 134 valence electrons. The smallest absolute Gasteiger partial charge is 1.00 e. The summed E-state index contributed by atoms with van der Waals surface area (Å²) in [7, 11) is 0. The Kier molecular flexibility index (Phi) is 7.60. The number of fused-ring (bicyclic) bond motifs is 1. The third-order valence-corrected chi connectivity index (χ3v) is 11.4. The largest absolute Gasteiger partial charge is 1.00 e. The monoisotopic (exact) mass is 452 g/mol. The van der Waals surface area contributed by atoms with E-state index < -0.39 is 23.2 Å². The fourth-order valence-electron chi connectivity index (χ4n) is 4.04. The zero-order valence-corrected chi connectivity index (χ0v) is 20.3. The van der Waals surface area contributed by atoms with Crippen molar-refractivity contribution in [3.63, 3.8) is 0 Å². The van der Waals surface area contributed by atoms with E-state index in [0.717, 1.165) is 3.63 Å². The van der Waals surface area contributed by atoms with Gasteiger partial charge in [-0.05, 0) is 0 Å². The van der Waals surface area contributed by atoms with Gasteiger partial charge in [0.1, 0.15) is 0 Å². The molecule has 0 fully saturated rings. The minimum atomic E-state index is -0.726. The fraction of sp³-hybridized carbons (Fsp3) is 0.455. The van der Waals surface area contributed by atoms with E-state index in [1.807, 2.05) is 3.28 Å². The zero-order valence-electron chi connectivity index (χ0n) is 16.3. The van der Waals surface area contributed by atoms with Gasteiger partial charge in [0, 0.05) is 0 Å². The molecule has 3 heteroatoms. The average molecular weight is 455 g/mol. The standard InChI is InChI=1S/C12H13.C10H15.2ClH.Zr/c1-9(2)12-7-10-5-3-4-6-11(10)8-12;1-7-6-10(4,5)9(3)8(7)2;;;/h3-9H,1-2H3;1-5H3;2*1H;/q;;;;+2/p-2. The Balaban J connectivity index is 0.00000156. The predicted molar refractivity (Wildman–Crippen MR) is 96.9 cm³/mol. The van der Waals surface area contributed by atoms with Crippen LogP contribution in [0.25, 0.3) is 6.08 Å². The van der Waals surface area contributed by atoms with Crippen LogP contribution in [0, 0.1) is 11.3 Å². The Morgan fingerprint density at radius 2 is 1.56 bits per heavy atom. The Hall–Kier alpha value is -0.0969. The molecule has 3 rings (SSSR count). The van der Waals surface area contributed by atoms with E-state index in [2.05, 4.69) is 78.8 Å². The van der Waals surface area contributed by atoms with Crippen LogP contribution in [-0.4, -0.2) is 0 Å². The fourth-order valence-corrected chi connectivity index (χ4v) is 9.55. The van der Waals surface area contributed by atoms with E-state index in [-0.39, 0.29) is 30.2 Å². The third-order valence-electron chi connectivity index (χ3n) is 5.98. The molecule has 0 saturated heterocycles. The number of benzene rings is 1. The molecule has 25 heavy (non-hydrogen) atoms. The minimum Gasteiger partial charge on any atom is -1.00 e. The molecule has 2 aliphatic carbocycles. The Morgan fingerprint density at radius 1 is 0.960 bits per heavy atom. The van der Waals surface area contributed by atoms with E-state index >= 15 is 0 Å². The summed E-state index contributed by atoms with van der Waals surface area (Å²) in [5.74, 6) is 0.647. The van der Waals surface area contributed by atoms with Crippen molar-refractivity contribution in [2.75, 3.05) is 0 Å². The average Bonchev–Trinajstić information content (AvgIpc) is 2.94. The molecule has 0 N–H and O–H groups in total.